The Morgan fingerprint density at radius 3 is 3.00 bits per heavy atom. The normalized spacial score (nSPS) is 23.1. The minimum Gasteiger partial charge on any atom is -0.396 e. The molecule has 1 unspecified atom stereocenters. The topological polar surface area (TPSA) is 35.5 Å². The zero-order valence-electron chi connectivity index (χ0n) is 9.34. The molecule has 1 fully saturated rings. The molecule has 0 aromatic carbocycles. The monoisotopic (exact) mass is 200 g/mol. The van der Waals surface area contributed by atoms with Crippen molar-refractivity contribution in [3.05, 3.63) is 0 Å². The smallest absolute Gasteiger partial charge is 0.0434 e. The minimum absolute atomic E-state index is 0.354. The van der Waals surface area contributed by atoms with Crippen LogP contribution >= 0.6 is 0 Å². The van der Waals surface area contributed by atoms with E-state index < -0.39 is 0 Å². The van der Waals surface area contributed by atoms with Gasteiger partial charge >= 0.3 is 0 Å². The summed E-state index contributed by atoms with van der Waals surface area (Å²) in [5.74, 6) is 0.742. The van der Waals surface area contributed by atoms with Crippen LogP contribution in [-0.4, -0.2) is 49.3 Å². The molecule has 0 spiro atoms. The molecule has 1 aliphatic heterocycles. The molecule has 14 heavy (non-hydrogen) atoms. The van der Waals surface area contributed by atoms with E-state index in [-0.39, 0.29) is 0 Å². The first kappa shape index (κ1) is 12.0. The standard InChI is InChI=1S/C11H24N2O/c1-2-5-12-6-8-13-7-3-11(10-13)4-9-14/h11-12,14H,2-10H2,1H3. The van der Waals surface area contributed by atoms with Gasteiger partial charge in [0.25, 0.3) is 0 Å². The molecular weight excluding hydrogens is 176 g/mol. The fourth-order valence-corrected chi connectivity index (χ4v) is 2.07. The maximum Gasteiger partial charge on any atom is 0.0434 e. The van der Waals surface area contributed by atoms with Crippen molar-refractivity contribution in [2.45, 2.75) is 26.2 Å². The molecule has 3 nitrogen and oxygen atoms in total. The zero-order valence-corrected chi connectivity index (χ0v) is 9.34. The molecule has 1 heterocycles. The molecule has 0 aromatic heterocycles. The van der Waals surface area contributed by atoms with Crippen LogP contribution in [0.5, 0.6) is 0 Å². The van der Waals surface area contributed by atoms with Gasteiger partial charge in [-0.3, -0.25) is 0 Å². The first-order valence-corrected chi connectivity index (χ1v) is 5.90. The number of nitrogens with one attached hydrogen (secondary N) is 1. The van der Waals surface area contributed by atoms with Gasteiger partial charge in [-0.1, -0.05) is 6.92 Å². The lowest BCUT2D eigenvalue weighted by molar-refractivity contribution is 0.251. The van der Waals surface area contributed by atoms with Gasteiger partial charge in [-0.25, -0.2) is 0 Å². The molecule has 1 atom stereocenters. The highest BCUT2D eigenvalue weighted by Gasteiger charge is 2.20. The van der Waals surface area contributed by atoms with E-state index in [1.54, 1.807) is 0 Å². The second kappa shape index (κ2) is 7.21. The van der Waals surface area contributed by atoms with Gasteiger partial charge in [0, 0.05) is 26.2 Å². The average molecular weight is 200 g/mol. The van der Waals surface area contributed by atoms with E-state index in [4.69, 9.17) is 5.11 Å². The van der Waals surface area contributed by atoms with Gasteiger partial charge in [0.05, 0.1) is 0 Å². The summed E-state index contributed by atoms with van der Waals surface area (Å²) in [4.78, 5) is 2.50. The number of rotatable bonds is 7. The van der Waals surface area contributed by atoms with E-state index in [2.05, 4.69) is 17.1 Å². The van der Waals surface area contributed by atoms with E-state index in [1.807, 2.05) is 0 Å². The second-order valence-corrected chi connectivity index (χ2v) is 4.22. The Kier molecular flexibility index (Phi) is 6.15. The third-order valence-corrected chi connectivity index (χ3v) is 2.94. The van der Waals surface area contributed by atoms with E-state index in [0.717, 1.165) is 25.4 Å². The van der Waals surface area contributed by atoms with Crippen LogP contribution in [0.1, 0.15) is 26.2 Å². The van der Waals surface area contributed by atoms with Crippen LogP contribution in [0, 0.1) is 5.92 Å². The molecule has 3 heteroatoms. The summed E-state index contributed by atoms with van der Waals surface area (Å²) in [6, 6.07) is 0. The van der Waals surface area contributed by atoms with Crippen molar-refractivity contribution in [3.8, 4) is 0 Å². The highest BCUT2D eigenvalue weighted by Crippen LogP contribution is 2.18. The average Bonchev–Trinajstić information content (AvgIpc) is 2.61. The molecule has 0 bridgehead atoms. The quantitative estimate of drug-likeness (QED) is 0.594. The summed E-state index contributed by atoms with van der Waals surface area (Å²) >= 11 is 0. The molecule has 0 aromatic rings. The number of hydrogen-bond acceptors (Lipinski definition) is 3. The van der Waals surface area contributed by atoms with Crippen LogP contribution in [0.25, 0.3) is 0 Å². The number of nitrogens with zero attached hydrogens (tertiary/aromatic N) is 1. The number of aliphatic hydroxyl groups excluding tert-OH is 1. The Bertz CT molecular complexity index is 141. The van der Waals surface area contributed by atoms with Crippen LogP contribution in [0.15, 0.2) is 0 Å². The summed E-state index contributed by atoms with van der Waals surface area (Å²) in [5.41, 5.74) is 0. The number of likely N-dealkylation sites (tertiary alicyclic amines) is 1. The van der Waals surface area contributed by atoms with Crippen molar-refractivity contribution in [3.63, 3.8) is 0 Å². The van der Waals surface area contributed by atoms with Gasteiger partial charge in [-0.15, -0.1) is 0 Å². The number of hydrogen-bond donors (Lipinski definition) is 2. The largest absolute Gasteiger partial charge is 0.396 e. The lowest BCUT2D eigenvalue weighted by Gasteiger charge is -2.15. The fourth-order valence-electron chi connectivity index (χ4n) is 2.07. The predicted molar refractivity (Wildman–Crippen MR) is 59.4 cm³/mol. The summed E-state index contributed by atoms with van der Waals surface area (Å²) in [5, 5.41) is 12.2. The Morgan fingerprint density at radius 2 is 2.29 bits per heavy atom. The van der Waals surface area contributed by atoms with Crippen molar-refractivity contribution in [1.82, 2.24) is 10.2 Å². The first-order valence-electron chi connectivity index (χ1n) is 5.90. The Hall–Kier alpha value is -0.120. The maximum absolute atomic E-state index is 8.83. The molecule has 1 rings (SSSR count). The van der Waals surface area contributed by atoms with Crippen molar-refractivity contribution in [2.75, 3.05) is 39.3 Å². The van der Waals surface area contributed by atoms with E-state index in [0.29, 0.717) is 6.61 Å². The molecule has 0 amide bonds. The van der Waals surface area contributed by atoms with E-state index in [1.165, 1.54) is 32.5 Å². The van der Waals surface area contributed by atoms with Crippen LogP contribution in [0.2, 0.25) is 0 Å². The van der Waals surface area contributed by atoms with Crippen LogP contribution < -0.4 is 5.32 Å². The molecule has 84 valence electrons. The molecular formula is C11H24N2O. The van der Waals surface area contributed by atoms with Crippen LogP contribution in [0.4, 0.5) is 0 Å². The Balaban J connectivity index is 1.98. The molecule has 1 saturated heterocycles. The fraction of sp³-hybridized carbons (Fsp3) is 1.00. The van der Waals surface area contributed by atoms with Crippen molar-refractivity contribution < 1.29 is 5.11 Å². The van der Waals surface area contributed by atoms with E-state index in [9.17, 15) is 0 Å². The molecule has 1 aliphatic rings. The maximum atomic E-state index is 8.83. The highest BCUT2D eigenvalue weighted by molar-refractivity contribution is 4.75. The summed E-state index contributed by atoms with van der Waals surface area (Å²) in [6.07, 6.45) is 3.47. The summed E-state index contributed by atoms with van der Waals surface area (Å²) in [6.45, 7) is 8.37. The second-order valence-electron chi connectivity index (χ2n) is 4.22. The third-order valence-electron chi connectivity index (χ3n) is 2.94. The zero-order chi connectivity index (χ0) is 10.2. The lowest BCUT2D eigenvalue weighted by Crippen LogP contribution is -2.31. The highest BCUT2D eigenvalue weighted by atomic mass is 16.3. The molecule has 2 N–H and O–H groups in total. The van der Waals surface area contributed by atoms with Crippen molar-refractivity contribution >= 4 is 0 Å². The van der Waals surface area contributed by atoms with Crippen molar-refractivity contribution in [1.29, 1.82) is 0 Å². The molecule has 0 saturated carbocycles. The van der Waals surface area contributed by atoms with Crippen molar-refractivity contribution in [2.24, 2.45) is 5.92 Å². The first-order chi connectivity index (χ1) is 6.86. The van der Waals surface area contributed by atoms with Gasteiger partial charge in [-0.2, -0.15) is 0 Å². The third kappa shape index (κ3) is 4.40. The van der Waals surface area contributed by atoms with Gasteiger partial charge in [-0.05, 0) is 38.3 Å². The Labute approximate surface area is 87.5 Å². The minimum atomic E-state index is 0.354. The molecule has 0 aliphatic carbocycles. The molecule has 0 radical (unpaired) electrons. The van der Waals surface area contributed by atoms with Crippen LogP contribution in [-0.2, 0) is 0 Å². The lowest BCUT2D eigenvalue weighted by atomic mass is 10.1. The van der Waals surface area contributed by atoms with Gasteiger partial charge in [0.15, 0.2) is 0 Å². The number of aliphatic hydroxyl groups is 1. The van der Waals surface area contributed by atoms with Gasteiger partial charge in [0.1, 0.15) is 0 Å². The van der Waals surface area contributed by atoms with E-state index >= 15 is 0 Å². The summed E-state index contributed by atoms with van der Waals surface area (Å²) < 4.78 is 0. The predicted octanol–water partition coefficient (Wildman–Crippen LogP) is 0.690. The van der Waals surface area contributed by atoms with Gasteiger partial charge in [0.2, 0.25) is 0 Å². The Morgan fingerprint density at radius 1 is 1.43 bits per heavy atom. The summed E-state index contributed by atoms with van der Waals surface area (Å²) in [7, 11) is 0. The van der Waals surface area contributed by atoms with Gasteiger partial charge < -0.3 is 15.3 Å². The SMILES string of the molecule is CCCNCCN1CCC(CCO)C1. The van der Waals surface area contributed by atoms with Crippen LogP contribution in [0.3, 0.4) is 0 Å².